The van der Waals surface area contributed by atoms with Crippen molar-refractivity contribution in [2.75, 3.05) is 33.2 Å². The van der Waals surface area contributed by atoms with Crippen molar-refractivity contribution in [2.24, 2.45) is 11.7 Å². The summed E-state index contributed by atoms with van der Waals surface area (Å²) < 4.78 is 0. The summed E-state index contributed by atoms with van der Waals surface area (Å²) in [7, 11) is 2.21. The number of rotatable bonds is 3. The van der Waals surface area contributed by atoms with Crippen LogP contribution in [0.3, 0.4) is 0 Å². The van der Waals surface area contributed by atoms with Crippen molar-refractivity contribution in [1.29, 1.82) is 0 Å². The Bertz CT molecular complexity index is 213. The fourth-order valence-electron chi connectivity index (χ4n) is 3.48. The first kappa shape index (κ1) is 12.3. The zero-order chi connectivity index (χ0) is 11.5. The van der Waals surface area contributed by atoms with E-state index < -0.39 is 0 Å². The molecule has 3 nitrogen and oxygen atoms in total. The predicted octanol–water partition coefficient (Wildman–Crippen LogP) is 1.14. The Labute approximate surface area is 100.0 Å². The van der Waals surface area contributed by atoms with Gasteiger partial charge in [0.05, 0.1) is 0 Å². The molecule has 0 amide bonds. The zero-order valence-corrected chi connectivity index (χ0v) is 10.9. The summed E-state index contributed by atoms with van der Waals surface area (Å²) in [5, 5.41) is 0. The third-order valence-corrected chi connectivity index (χ3v) is 4.61. The van der Waals surface area contributed by atoms with E-state index in [-0.39, 0.29) is 0 Å². The molecule has 2 fully saturated rings. The number of likely N-dealkylation sites (N-methyl/N-ethyl adjacent to an activating group) is 1. The van der Waals surface area contributed by atoms with E-state index in [2.05, 4.69) is 23.8 Å². The van der Waals surface area contributed by atoms with Crippen molar-refractivity contribution in [1.82, 2.24) is 9.80 Å². The van der Waals surface area contributed by atoms with Gasteiger partial charge in [-0.05, 0) is 32.7 Å². The summed E-state index contributed by atoms with van der Waals surface area (Å²) in [6.07, 6.45) is 5.75. The Balaban J connectivity index is 1.95. The molecule has 1 heterocycles. The largest absolute Gasteiger partial charge is 0.329 e. The lowest BCUT2D eigenvalue weighted by Gasteiger charge is -2.44. The first-order chi connectivity index (χ1) is 7.72. The molecule has 0 aromatic rings. The minimum atomic E-state index is 0.578. The van der Waals surface area contributed by atoms with E-state index in [1.807, 2.05) is 0 Å². The van der Waals surface area contributed by atoms with Gasteiger partial charge in [-0.1, -0.05) is 12.8 Å². The lowest BCUT2D eigenvalue weighted by Crippen LogP contribution is -2.58. The summed E-state index contributed by atoms with van der Waals surface area (Å²) in [4.78, 5) is 5.09. The zero-order valence-electron chi connectivity index (χ0n) is 10.9. The highest BCUT2D eigenvalue weighted by atomic mass is 15.3. The molecule has 0 bridgehead atoms. The minimum Gasteiger partial charge on any atom is -0.329 e. The second-order valence-electron chi connectivity index (χ2n) is 5.67. The molecule has 1 saturated carbocycles. The maximum Gasteiger partial charge on any atom is 0.0349 e. The van der Waals surface area contributed by atoms with Gasteiger partial charge in [0.25, 0.3) is 0 Å². The van der Waals surface area contributed by atoms with E-state index in [9.17, 15) is 0 Å². The smallest absolute Gasteiger partial charge is 0.0349 e. The standard InChI is InChI=1S/C13H27N3/c1-11(12-5-3-4-6-12)16-8-7-15(2)10-13(16)9-14/h11-13H,3-10,14H2,1-2H3. The van der Waals surface area contributed by atoms with Gasteiger partial charge in [-0.2, -0.15) is 0 Å². The molecule has 0 aromatic heterocycles. The Hall–Kier alpha value is -0.120. The molecule has 1 aliphatic heterocycles. The lowest BCUT2D eigenvalue weighted by molar-refractivity contribution is 0.0403. The molecule has 2 aliphatic rings. The van der Waals surface area contributed by atoms with Crippen molar-refractivity contribution in [3.05, 3.63) is 0 Å². The van der Waals surface area contributed by atoms with Crippen LogP contribution in [-0.4, -0.2) is 55.1 Å². The summed E-state index contributed by atoms with van der Waals surface area (Å²) >= 11 is 0. The Kier molecular flexibility index (Phi) is 4.22. The first-order valence-corrected chi connectivity index (χ1v) is 6.86. The molecule has 1 aliphatic carbocycles. The summed E-state index contributed by atoms with van der Waals surface area (Å²) in [5.74, 6) is 0.928. The van der Waals surface area contributed by atoms with E-state index in [1.54, 1.807) is 0 Å². The fourth-order valence-corrected chi connectivity index (χ4v) is 3.48. The molecule has 3 heteroatoms. The molecule has 1 saturated heterocycles. The van der Waals surface area contributed by atoms with Crippen LogP contribution in [0.1, 0.15) is 32.6 Å². The Morgan fingerprint density at radius 3 is 2.56 bits per heavy atom. The maximum atomic E-state index is 5.92. The van der Waals surface area contributed by atoms with Gasteiger partial charge in [0.15, 0.2) is 0 Å². The van der Waals surface area contributed by atoms with Crippen molar-refractivity contribution in [2.45, 2.75) is 44.7 Å². The highest BCUT2D eigenvalue weighted by Crippen LogP contribution is 2.31. The highest BCUT2D eigenvalue weighted by molar-refractivity contribution is 4.88. The third kappa shape index (κ3) is 2.58. The molecule has 0 spiro atoms. The van der Waals surface area contributed by atoms with E-state index in [4.69, 9.17) is 5.73 Å². The van der Waals surface area contributed by atoms with Gasteiger partial charge >= 0.3 is 0 Å². The first-order valence-electron chi connectivity index (χ1n) is 6.86. The average Bonchev–Trinajstić information content (AvgIpc) is 2.81. The van der Waals surface area contributed by atoms with Gasteiger partial charge in [-0.25, -0.2) is 0 Å². The molecule has 16 heavy (non-hydrogen) atoms. The molecule has 94 valence electrons. The van der Waals surface area contributed by atoms with E-state index in [1.165, 1.54) is 38.8 Å². The summed E-state index contributed by atoms with van der Waals surface area (Å²) in [6.45, 7) is 6.78. The predicted molar refractivity (Wildman–Crippen MR) is 68.5 cm³/mol. The van der Waals surface area contributed by atoms with E-state index in [0.717, 1.165) is 25.0 Å². The van der Waals surface area contributed by atoms with E-state index in [0.29, 0.717) is 6.04 Å². The molecular weight excluding hydrogens is 198 g/mol. The Morgan fingerprint density at radius 2 is 1.94 bits per heavy atom. The SMILES string of the molecule is CC(C1CCCC1)N1CCN(C)CC1CN. The van der Waals surface area contributed by atoms with Gasteiger partial charge in [0.2, 0.25) is 0 Å². The summed E-state index contributed by atoms with van der Waals surface area (Å²) in [6, 6.07) is 1.32. The van der Waals surface area contributed by atoms with Crippen LogP contribution >= 0.6 is 0 Å². The third-order valence-electron chi connectivity index (χ3n) is 4.61. The number of nitrogens with two attached hydrogens (primary N) is 1. The van der Waals surface area contributed by atoms with Gasteiger partial charge in [0.1, 0.15) is 0 Å². The van der Waals surface area contributed by atoms with Crippen LogP contribution in [0.25, 0.3) is 0 Å². The number of hydrogen-bond donors (Lipinski definition) is 1. The maximum absolute atomic E-state index is 5.92. The van der Waals surface area contributed by atoms with Crippen LogP contribution in [-0.2, 0) is 0 Å². The van der Waals surface area contributed by atoms with Crippen molar-refractivity contribution in [3.63, 3.8) is 0 Å². The molecule has 2 unspecified atom stereocenters. The molecular formula is C13H27N3. The van der Waals surface area contributed by atoms with E-state index >= 15 is 0 Å². The molecule has 0 radical (unpaired) electrons. The number of piperazine rings is 1. The van der Waals surface area contributed by atoms with Crippen LogP contribution in [0, 0.1) is 5.92 Å². The van der Waals surface area contributed by atoms with Crippen LogP contribution in [0.2, 0.25) is 0 Å². The van der Waals surface area contributed by atoms with Crippen LogP contribution in [0.4, 0.5) is 0 Å². The average molecular weight is 225 g/mol. The van der Waals surface area contributed by atoms with Gasteiger partial charge < -0.3 is 10.6 Å². The quantitative estimate of drug-likeness (QED) is 0.782. The topological polar surface area (TPSA) is 32.5 Å². The monoisotopic (exact) mass is 225 g/mol. The van der Waals surface area contributed by atoms with Gasteiger partial charge in [-0.15, -0.1) is 0 Å². The minimum absolute atomic E-state index is 0.578. The highest BCUT2D eigenvalue weighted by Gasteiger charge is 2.32. The van der Waals surface area contributed by atoms with Crippen molar-refractivity contribution < 1.29 is 0 Å². The van der Waals surface area contributed by atoms with Gasteiger partial charge in [0, 0.05) is 38.3 Å². The number of nitrogens with zero attached hydrogens (tertiary/aromatic N) is 2. The van der Waals surface area contributed by atoms with Crippen molar-refractivity contribution in [3.8, 4) is 0 Å². The fraction of sp³-hybridized carbons (Fsp3) is 1.00. The van der Waals surface area contributed by atoms with Crippen LogP contribution in [0.5, 0.6) is 0 Å². The molecule has 2 atom stereocenters. The van der Waals surface area contributed by atoms with Gasteiger partial charge in [-0.3, -0.25) is 4.90 Å². The normalized spacial score (nSPS) is 32.1. The summed E-state index contributed by atoms with van der Waals surface area (Å²) in [5.41, 5.74) is 5.92. The number of hydrogen-bond acceptors (Lipinski definition) is 3. The molecule has 2 rings (SSSR count). The second-order valence-corrected chi connectivity index (χ2v) is 5.67. The lowest BCUT2D eigenvalue weighted by atomic mass is 9.95. The molecule has 2 N–H and O–H groups in total. The van der Waals surface area contributed by atoms with Crippen LogP contribution < -0.4 is 5.73 Å². The van der Waals surface area contributed by atoms with Crippen LogP contribution in [0.15, 0.2) is 0 Å². The van der Waals surface area contributed by atoms with Crippen molar-refractivity contribution >= 4 is 0 Å². The molecule has 0 aromatic carbocycles. The Morgan fingerprint density at radius 1 is 1.25 bits per heavy atom. The second kappa shape index (κ2) is 5.48.